The van der Waals surface area contributed by atoms with E-state index in [1.54, 1.807) is 0 Å². The fourth-order valence-corrected chi connectivity index (χ4v) is 2.73. The highest BCUT2D eigenvalue weighted by Gasteiger charge is 2.41. The number of nitrogens with zero attached hydrogens (tertiary/aromatic N) is 1. The second-order valence-corrected chi connectivity index (χ2v) is 4.83. The van der Waals surface area contributed by atoms with Crippen LogP contribution in [0.4, 0.5) is 0 Å². The maximum atomic E-state index is 3.87. The summed E-state index contributed by atoms with van der Waals surface area (Å²) in [7, 11) is 0. The van der Waals surface area contributed by atoms with Crippen LogP contribution in [-0.2, 0) is 0 Å². The molecule has 62 valence electrons. The Morgan fingerprint density at radius 3 is 3.00 bits per heavy atom. The van der Waals surface area contributed by atoms with Crippen molar-refractivity contribution in [1.82, 2.24) is 4.90 Å². The summed E-state index contributed by atoms with van der Waals surface area (Å²) in [5.41, 5.74) is 0. The van der Waals surface area contributed by atoms with Crippen molar-refractivity contribution >= 4 is 15.9 Å². The van der Waals surface area contributed by atoms with E-state index < -0.39 is 0 Å². The zero-order valence-electron chi connectivity index (χ0n) is 6.72. The molecular weight excluding hydrogens is 202 g/mol. The first-order valence-electron chi connectivity index (χ1n) is 4.34. The van der Waals surface area contributed by atoms with E-state index in [1.165, 1.54) is 25.8 Å². The molecule has 2 fully saturated rings. The van der Waals surface area contributed by atoms with Crippen molar-refractivity contribution in [3.05, 3.63) is 11.1 Å². The first kappa shape index (κ1) is 7.81. The highest BCUT2D eigenvalue weighted by atomic mass is 79.9. The van der Waals surface area contributed by atoms with Crippen LogP contribution in [0.5, 0.6) is 0 Å². The van der Waals surface area contributed by atoms with E-state index in [9.17, 15) is 0 Å². The molecule has 2 unspecified atom stereocenters. The van der Waals surface area contributed by atoms with Gasteiger partial charge in [-0.3, -0.25) is 4.90 Å². The molecule has 0 radical (unpaired) electrons. The molecule has 1 nitrogen and oxygen atoms in total. The second-order valence-electron chi connectivity index (χ2n) is 3.71. The number of hydrogen-bond donors (Lipinski definition) is 0. The molecule has 1 saturated carbocycles. The molecule has 2 heteroatoms. The lowest BCUT2D eigenvalue weighted by molar-refractivity contribution is 0.0506. The minimum Gasteiger partial charge on any atom is -0.295 e. The first-order chi connectivity index (χ1) is 5.27. The normalized spacial score (nSPS) is 36.5. The largest absolute Gasteiger partial charge is 0.295 e. The van der Waals surface area contributed by atoms with Gasteiger partial charge in [-0.1, -0.05) is 28.9 Å². The number of likely N-dealkylation sites (tertiary alicyclic amines) is 1. The number of rotatable bonds is 2. The standard InChI is InChI=1S/C9H14BrN/c1-7(10)5-11-6-8-3-2-4-9(8)11/h8-9H,1-6H2. The zero-order valence-corrected chi connectivity index (χ0v) is 8.31. The van der Waals surface area contributed by atoms with Crippen LogP contribution in [0.1, 0.15) is 19.3 Å². The Morgan fingerprint density at radius 2 is 2.36 bits per heavy atom. The summed E-state index contributed by atoms with van der Waals surface area (Å²) in [6.45, 7) is 6.24. The van der Waals surface area contributed by atoms with Gasteiger partial charge >= 0.3 is 0 Å². The van der Waals surface area contributed by atoms with Crippen molar-refractivity contribution in [3.8, 4) is 0 Å². The molecule has 11 heavy (non-hydrogen) atoms. The van der Waals surface area contributed by atoms with E-state index in [-0.39, 0.29) is 0 Å². The molecule has 0 aromatic rings. The van der Waals surface area contributed by atoms with Crippen LogP contribution < -0.4 is 0 Å². The molecule has 0 aromatic carbocycles. The summed E-state index contributed by atoms with van der Waals surface area (Å²) in [6, 6.07) is 0.907. The Bertz CT molecular complexity index is 178. The monoisotopic (exact) mass is 215 g/mol. The summed E-state index contributed by atoms with van der Waals surface area (Å²) in [5.74, 6) is 1.03. The van der Waals surface area contributed by atoms with Gasteiger partial charge in [0.2, 0.25) is 0 Å². The van der Waals surface area contributed by atoms with Gasteiger partial charge in [-0.15, -0.1) is 0 Å². The van der Waals surface area contributed by atoms with Crippen LogP contribution in [0.3, 0.4) is 0 Å². The number of fused-ring (bicyclic) bond motifs is 1. The van der Waals surface area contributed by atoms with Crippen molar-refractivity contribution < 1.29 is 0 Å². The van der Waals surface area contributed by atoms with Gasteiger partial charge in [0.1, 0.15) is 0 Å². The third kappa shape index (κ3) is 1.38. The Hall–Kier alpha value is 0.180. The highest BCUT2D eigenvalue weighted by molar-refractivity contribution is 9.11. The Balaban J connectivity index is 1.85. The van der Waals surface area contributed by atoms with Crippen molar-refractivity contribution in [3.63, 3.8) is 0 Å². The predicted octanol–water partition coefficient (Wildman–Crippen LogP) is 2.38. The molecule has 1 aliphatic carbocycles. The molecular formula is C9H14BrN. The summed E-state index contributed by atoms with van der Waals surface area (Å²) in [5, 5.41) is 0. The molecule has 0 N–H and O–H groups in total. The lowest BCUT2D eigenvalue weighted by Gasteiger charge is -2.44. The van der Waals surface area contributed by atoms with Crippen LogP contribution in [0.15, 0.2) is 11.1 Å². The van der Waals surface area contributed by atoms with Crippen molar-refractivity contribution in [2.75, 3.05) is 13.1 Å². The third-order valence-corrected chi connectivity index (χ3v) is 3.18. The van der Waals surface area contributed by atoms with E-state index in [4.69, 9.17) is 0 Å². The van der Waals surface area contributed by atoms with Gasteiger partial charge in [0.25, 0.3) is 0 Å². The average molecular weight is 216 g/mol. The first-order valence-corrected chi connectivity index (χ1v) is 5.14. The van der Waals surface area contributed by atoms with E-state index in [0.29, 0.717) is 0 Å². The van der Waals surface area contributed by atoms with Gasteiger partial charge in [0.05, 0.1) is 0 Å². The minimum atomic E-state index is 0.907. The summed E-state index contributed by atoms with van der Waals surface area (Å²) in [6.07, 6.45) is 4.33. The molecule has 0 amide bonds. The van der Waals surface area contributed by atoms with Crippen LogP contribution >= 0.6 is 15.9 Å². The van der Waals surface area contributed by atoms with Crippen LogP contribution in [0.25, 0.3) is 0 Å². The van der Waals surface area contributed by atoms with Gasteiger partial charge in [-0.05, 0) is 18.8 Å². The topological polar surface area (TPSA) is 3.24 Å². The Labute approximate surface area is 76.6 Å². The lowest BCUT2D eigenvalue weighted by atomic mass is 9.92. The van der Waals surface area contributed by atoms with E-state index >= 15 is 0 Å². The minimum absolute atomic E-state index is 0.907. The lowest BCUT2D eigenvalue weighted by Crippen LogP contribution is -2.53. The van der Waals surface area contributed by atoms with E-state index in [0.717, 1.165) is 23.0 Å². The number of hydrogen-bond acceptors (Lipinski definition) is 1. The van der Waals surface area contributed by atoms with Crippen LogP contribution in [0.2, 0.25) is 0 Å². The van der Waals surface area contributed by atoms with Crippen molar-refractivity contribution in [2.45, 2.75) is 25.3 Å². The Morgan fingerprint density at radius 1 is 1.55 bits per heavy atom. The molecule has 1 heterocycles. The smallest absolute Gasteiger partial charge is 0.0297 e. The average Bonchev–Trinajstić information content (AvgIpc) is 2.26. The quantitative estimate of drug-likeness (QED) is 0.684. The van der Waals surface area contributed by atoms with E-state index in [2.05, 4.69) is 27.4 Å². The zero-order chi connectivity index (χ0) is 7.84. The van der Waals surface area contributed by atoms with Gasteiger partial charge in [-0.2, -0.15) is 0 Å². The molecule has 1 saturated heterocycles. The fourth-order valence-electron chi connectivity index (χ4n) is 2.41. The van der Waals surface area contributed by atoms with Crippen LogP contribution in [-0.4, -0.2) is 24.0 Å². The third-order valence-electron chi connectivity index (χ3n) is 2.93. The molecule has 0 aromatic heterocycles. The summed E-state index contributed by atoms with van der Waals surface area (Å²) >= 11 is 3.41. The predicted molar refractivity (Wildman–Crippen MR) is 50.8 cm³/mol. The van der Waals surface area contributed by atoms with Crippen LogP contribution in [0, 0.1) is 5.92 Å². The Kier molecular flexibility index (Phi) is 2.06. The summed E-state index contributed by atoms with van der Waals surface area (Å²) < 4.78 is 1.13. The molecule has 2 aliphatic rings. The maximum Gasteiger partial charge on any atom is 0.0297 e. The fraction of sp³-hybridized carbons (Fsp3) is 0.778. The van der Waals surface area contributed by atoms with E-state index in [1.807, 2.05) is 0 Å². The van der Waals surface area contributed by atoms with Crippen molar-refractivity contribution in [1.29, 1.82) is 0 Å². The molecule has 1 aliphatic heterocycles. The molecule has 0 bridgehead atoms. The van der Waals surface area contributed by atoms with Gasteiger partial charge in [0.15, 0.2) is 0 Å². The van der Waals surface area contributed by atoms with Gasteiger partial charge < -0.3 is 0 Å². The SMILES string of the molecule is C=C(Br)CN1CC2CCCC21. The second kappa shape index (κ2) is 2.91. The van der Waals surface area contributed by atoms with Crippen molar-refractivity contribution in [2.24, 2.45) is 5.92 Å². The summed E-state index contributed by atoms with van der Waals surface area (Å²) in [4.78, 5) is 2.54. The van der Waals surface area contributed by atoms with Gasteiger partial charge in [0, 0.05) is 23.6 Å². The molecule has 2 rings (SSSR count). The highest BCUT2D eigenvalue weighted by Crippen LogP contribution is 2.39. The molecule has 2 atom stereocenters. The number of halogens is 1. The van der Waals surface area contributed by atoms with Gasteiger partial charge in [-0.25, -0.2) is 0 Å². The maximum absolute atomic E-state index is 3.87. The molecule has 0 spiro atoms.